The molecular weight excluding hydrogens is 192 g/mol. The Kier molecular flexibility index (Phi) is 2.30. The van der Waals surface area contributed by atoms with Crippen molar-refractivity contribution in [3.05, 3.63) is 40.9 Å². The molecule has 0 bridgehead atoms. The van der Waals surface area contributed by atoms with Gasteiger partial charge in [0, 0.05) is 16.6 Å². The molecule has 0 aliphatic carbocycles. The highest BCUT2D eigenvalue weighted by Gasteiger charge is 2.02. The summed E-state index contributed by atoms with van der Waals surface area (Å²) in [5, 5.41) is 9.72. The van der Waals surface area contributed by atoms with Crippen LogP contribution < -0.4 is 0 Å². The molecule has 0 amide bonds. The Morgan fingerprint density at radius 3 is 2.93 bits per heavy atom. The number of rotatable bonds is 1. The molecular formula is C11H8N2S. The normalized spacial score (nSPS) is 9.71. The fourth-order valence-electron chi connectivity index (χ4n) is 1.21. The lowest BCUT2D eigenvalue weighted by atomic mass is 10.1. The first-order chi connectivity index (χ1) is 6.79. The molecule has 2 rings (SSSR count). The van der Waals surface area contributed by atoms with Crippen molar-refractivity contribution < 1.29 is 0 Å². The second-order valence-electron chi connectivity index (χ2n) is 2.97. The number of nitrogens with zero attached hydrogens (tertiary/aromatic N) is 2. The zero-order valence-corrected chi connectivity index (χ0v) is 8.51. The Hall–Kier alpha value is -1.66. The van der Waals surface area contributed by atoms with Gasteiger partial charge in [0.05, 0.1) is 11.6 Å². The Labute approximate surface area is 86.5 Å². The first-order valence-corrected chi connectivity index (χ1v) is 5.04. The molecule has 2 aromatic rings. The molecule has 1 aromatic carbocycles. The maximum absolute atomic E-state index is 8.75. The van der Waals surface area contributed by atoms with Gasteiger partial charge in [0.1, 0.15) is 5.01 Å². The third-order valence-electron chi connectivity index (χ3n) is 1.86. The molecule has 0 spiro atoms. The van der Waals surface area contributed by atoms with Gasteiger partial charge in [-0.15, -0.1) is 11.3 Å². The van der Waals surface area contributed by atoms with Crippen LogP contribution in [0.5, 0.6) is 0 Å². The van der Waals surface area contributed by atoms with Crippen LogP contribution >= 0.6 is 11.3 Å². The number of aromatic nitrogens is 1. The molecule has 0 fully saturated rings. The SMILES string of the molecule is Cc1cnc(-c2cccc(C#N)c2)s1. The first-order valence-electron chi connectivity index (χ1n) is 4.22. The van der Waals surface area contributed by atoms with Crippen LogP contribution in [-0.4, -0.2) is 4.98 Å². The maximum Gasteiger partial charge on any atom is 0.123 e. The summed E-state index contributed by atoms with van der Waals surface area (Å²) in [4.78, 5) is 5.45. The molecule has 0 unspecified atom stereocenters. The van der Waals surface area contributed by atoms with Crippen LogP contribution in [0, 0.1) is 18.3 Å². The molecule has 0 saturated heterocycles. The summed E-state index contributed by atoms with van der Waals surface area (Å²) in [6, 6.07) is 9.63. The minimum Gasteiger partial charge on any atom is -0.244 e. The van der Waals surface area contributed by atoms with E-state index in [0.717, 1.165) is 10.6 Å². The maximum atomic E-state index is 8.75. The van der Waals surface area contributed by atoms with E-state index in [1.54, 1.807) is 17.4 Å². The van der Waals surface area contributed by atoms with Gasteiger partial charge in [-0.2, -0.15) is 5.26 Å². The number of nitriles is 1. The van der Waals surface area contributed by atoms with Gasteiger partial charge in [-0.05, 0) is 19.1 Å². The van der Waals surface area contributed by atoms with E-state index in [1.165, 1.54) is 4.88 Å². The van der Waals surface area contributed by atoms with Gasteiger partial charge < -0.3 is 0 Å². The number of aryl methyl sites for hydroxylation is 1. The van der Waals surface area contributed by atoms with Gasteiger partial charge in [0.25, 0.3) is 0 Å². The third kappa shape index (κ3) is 1.66. The number of hydrogen-bond donors (Lipinski definition) is 0. The Balaban J connectivity index is 2.47. The van der Waals surface area contributed by atoms with Crippen molar-refractivity contribution in [3.63, 3.8) is 0 Å². The molecule has 0 radical (unpaired) electrons. The highest BCUT2D eigenvalue weighted by Crippen LogP contribution is 2.24. The zero-order chi connectivity index (χ0) is 9.97. The first kappa shape index (κ1) is 8.92. The minimum absolute atomic E-state index is 0.676. The summed E-state index contributed by atoms with van der Waals surface area (Å²) in [5.74, 6) is 0. The van der Waals surface area contributed by atoms with Crippen LogP contribution in [-0.2, 0) is 0 Å². The van der Waals surface area contributed by atoms with E-state index in [4.69, 9.17) is 5.26 Å². The van der Waals surface area contributed by atoms with Gasteiger partial charge in [0.2, 0.25) is 0 Å². The highest BCUT2D eigenvalue weighted by atomic mass is 32.1. The molecule has 1 heterocycles. The topological polar surface area (TPSA) is 36.7 Å². The van der Waals surface area contributed by atoms with Gasteiger partial charge in [-0.1, -0.05) is 12.1 Å². The van der Waals surface area contributed by atoms with Crippen molar-refractivity contribution in [2.24, 2.45) is 0 Å². The molecule has 0 aliphatic rings. The Bertz CT molecular complexity index is 494. The van der Waals surface area contributed by atoms with E-state index >= 15 is 0 Å². The van der Waals surface area contributed by atoms with Crippen molar-refractivity contribution in [2.45, 2.75) is 6.92 Å². The van der Waals surface area contributed by atoms with Crippen molar-refractivity contribution >= 4 is 11.3 Å². The van der Waals surface area contributed by atoms with Gasteiger partial charge >= 0.3 is 0 Å². The van der Waals surface area contributed by atoms with Crippen LogP contribution in [0.4, 0.5) is 0 Å². The average molecular weight is 200 g/mol. The van der Waals surface area contributed by atoms with E-state index in [0.29, 0.717) is 5.56 Å². The summed E-state index contributed by atoms with van der Waals surface area (Å²) in [6.07, 6.45) is 1.85. The van der Waals surface area contributed by atoms with E-state index in [2.05, 4.69) is 11.1 Å². The fraction of sp³-hybridized carbons (Fsp3) is 0.0909. The molecule has 0 saturated carbocycles. The lowest BCUT2D eigenvalue weighted by Crippen LogP contribution is -1.77. The van der Waals surface area contributed by atoms with E-state index < -0.39 is 0 Å². The van der Waals surface area contributed by atoms with E-state index in [9.17, 15) is 0 Å². The standard InChI is InChI=1S/C11H8N2S/c1-8-7-13-11(14-8)10-4-2-3-9(5-10)6-12/h2-5,7H,1H3. The van der Waals surface area contributed by atoms with Crippen LogP contribution in [0.25, 0.3) is 10.6 Å². The quantitative estimate of drug-likeness (QED) is 0.709. The molecule has 0 atom stereocenters. The fourth-order valence-corrected chi connectivity index (χ4v) is 1.97. The second-order valence-corrected chi connectivity index (χ2v) is 4.20. The summed E-state index contributed by atoms with van der Waals surface area (Å²) in [6.45, 7) is 2.02. The molecule has 0 N–H and O–H groups in total. The van der Waals surface area contributed by atoms with Gasteiger partial charge in [-0.3, -0.25) is 0 Å². The molecule has 68 valence electrons. The van der Waals surface area contributed by atoms with Crippen molar-refractivity contribution in [3.8, 4) is 16.6 Å². The van der Waals surface area contributed by atoms with Crippen LogP contribution in [0.3, 0.4) is 0 Å². The largest absolute Gasteiger partial charge is 0.244 e. The lowest BCUT2D eigenvalue weighted by molar-refractivity contribution is 1.38. The highest BCUT2D eigenvalue weighted by molar-refractivity contribution is 7.14. The minimum atomic E-state index is 0.676. The summed E-state index contributed by atoms with van der Waals surface area (Å²) in [7, 11) is 0. The predicted molar refractivity (Wildman–Crippen MR) is 57.0 cm³/mol. The van der Waals surface area contributed by atoms with Gasteiger partial charge in [-0.25, -0.2) is 4.98 Å². The van der Waals surface area contributed by atoms with Crippen LogP contribution in [0.1, 0.15) is 10.4 Å². The predicted octanol–water partition coefficient (Wildman–Crippen LogP) is 2.99. The zero-order valence-electron chi connectivity index (χ0n) is 7.69. The lowest BCUT2D eigenvalue weighted by Gasteiger charge is -1.95. The van der Waals surface area contributed by atoms with Gasteiger partial charge in [0.15, 0.2) is 0 Å². The number of hydrogen-bond acceptors (Lipinski definition) is 3. The summed E-state index contributed by atoms with van der Waals surface area (Å²) in [5.41, 5.74) is 1.69. The Morgan fingerprint density at radius 1 is 1.43 bits per heavy atom. The van der Waals surface area contributed by atoms with Crippen LogP contribution in [0.2, 0.25) is 0 Å². The number of thiazole rings is 1. The smallest absolute Gasteiger partial charge is 0.123 e. The van der Waals surface area contributed by atoms with Crippen LogP contribution in [0.15, 0.2) is 30.5 Å². The third-order valence-corrected chi connectivity index (χ3v) is 2.82. The summed E-state index contributed by atoms with van der Waals surface area (Å²) < 4.78 is 0. The average Bonchev–Trinajstić information content (AvgIpc) is 2.65. The molecule has 3 heteroatoms. The van der Waals surface area contributed by atoms with E-state index in [-0.39, 0.29) is 0 Å². The molecule has 2 nitrogen and oxygen atoms in total. The molecule has 0 aliphatic heterocycles. The second kappa shape index (κ2) is 3.60. The monoisotopic (exact) mass is 200 g/mol. The molecule has 14 heavy (non-hydrogen) atoms. The molecule has 1 aromatic heterocycles. The number of benzene rings is 1. The van der Waals surface area contributed by atoms with Crippen molar-refractivity contribution in [2.75, 3.05) is 0 Å². The van der Waals surface area contributed by atoms with Crippen molar-refractivity contribution in [1.29, 1.82) is 5.26 Å². The summed E-state index contributed by atoms with van der Waals surface area (Å²) >= 11 is 1.64. The Morgan fingerprint density at radius 2 is 2.29 bits per heavy atom. The van der Waals surface area contributed by atoms with Crippen molar-refractivity contribution in [1.82, 2.24) is 4.98 Å². The van der Waals surface area contributed by atoms with E-state index in [1.807, 2.05) is 31.3 Å².